The number of hydrogen-bond acceptors (Lipinski definition) is 4. The standard InChI is InChI=1S/C18H19ClN6O/c19-16-10-13(1-3-17(16)24-7-5-21-12-24)22-18(26)4-2-14-9-15-11-20-6-8-25(15)23-14/h1,3,5,7,9-10,12,20H,2,4,6,8,11H2,(H,22,26). The third-order valence-corrected chi connectivity index (χ3v) is 4.65. The molecule has 1 aliphatic rings. The Labute approximate surface area is 156 Å². The molecule has 3 aromatic rings. The lowest BCUT2D eigenvalue weighted by Gasteiger charge is -2.13. The Hall–Kier alpha value is -2.64. The van der Waals surface area contributed by atoms with Crippen molar-refractivity contribution in [2.45, 2.75) is 25.9 Å². The van der Waals surface area contributed by atoms with Gasteiger partial charge in [0.1, 0.15) is 0 Å². The number of imidazole rings is 1. The predicted octanol–water partition coefficient (Wildman–Crippen LogP) is 2.40. The molecule has 8 heteroatoms. The van der Waals surface area contributed by atoms with Gasteiger partial charge < -0.3 is 15.2 Å². The van der Waals surface area contributed by atoms with Gasteiger partial charge in [-0.1, -0.05) is 11.6 Å². The molecular weight excluding hydrogens is 352 g/mol. The molecule has 1 aliphatic heterocycles. The largest absolute Gasteiger partial charge is 0.326 e. The summed E-state index contributed by atoms with van der Waals surface area (Å²) in [4.78, 5) is 16.2. The number of fused-ring (bicyclic) bond motifs is 1. The molecule has 0 radical (unpaired) electrons. The van der Waals surface area contributed by atoms with E-state index >= 15 is 0 Å². The highest BCUT2D eigenvalue weighted by molar-refractivity contribution is 6.32. The zero-order valence-corrected chi connectivity index (χ0v) is 14.9. The normalized spacial score (nSPS) is 13.4. The van der Waals surface area contributed by atoms with Gasteiger partial charge in [-0.25, -0.2) is 4.98 Å². The number of rotatable bonds is 5. The van der Waals surface area contributed by atoms with Gasteiger partial charge in [-0.05, 0) is 24.3 Å². The van der Waals surface area contributed by atoms with Gasteiger partial charge in [-0.15, -0.1) is 0 Å². The van der Waals surface area contributed by atoms with Crippen LogP contribution >= 0.6 is 11.6 Å². The Bertz CT molecular complexity index is 894. The van der Waals surface area contributed by atoms with Crippen molar-refractivity contribution in [1.82, 2.24) is 24.6 Å². The molecule has 0 fully saturated rings. The van der Waals surface area contributed by atoms with Crippen LogP contribution in [-0.4, -0.2) is 31.8 Å². The molecule has 7 nitrogen and oxygen atoms in total. The summed E-state index contributed by atoms with van der Waals surface area (Å²) in [7, 11) is 0. The van der Waals surface area contributed by atoms with Crippen molar-refractivity contribution in [3.8, 4) is 5.69 Å². The van der Waals surface area contributed by atoms with Crippen molar-refractivity contribution in [2.24, 2.45) is 0 Å². The molecule has 2 aromatic heterocycles. The molecule has 0 aliphatic carbocycles. The molecule has 0 spiro atoms. The molecule has 26 heavy (non-hydrogen) atoms. The van der Waals surface area contributed by atoms with Crippen molar-refractivity contribution in [3.63, 3.8) is 0 Å². The highest BCUT2D eigenvalue weighted by Crippen LogP contribution is 2.24. The number of halogens is 1. The van der Waals surface area contributed by atoms with Crippen molar-refractivity contribution in [3.05, 3.63) is 59.4 Å². The Kier molecular flexibility index (Phi) is 4.73. The van der Waals surface area contributed by atoms with E-state index in [4.69, 9.17) is 11.6 Å². The number of nitrogens with one attached hydrogen (secondary N) is 2. The van der Waals surface area contributed by atoms with E-state index in [0.29, 0.717) is 23.6 Å². The maximum atomic E-state index is 12.2. The molecule has 1 aromatic carbocycles. The minimum atomic E-state index is -0.0551. The van der Waals surface area contributed by atoms with Crippen LogP contribution in [0.3, 0.4) is 0 Å². The van der Waals surface area contributed by atoms with E-state index in [1.165, 1.54) is 5.69 Å². The number of amides is 1. The van der Waals surface area contributed by atoms with Crippen LogP contribution in [0.2, 0.25) is 5.02 Å². The summed E-state index contributed by atoms with van der Waals surface area (Å²) < 4.78 is 3.83. The summed E-state index contributed by atoms with van der Waals surface area (Å²) >= 11 is 6.32. The van der Waals surface area contributed by atoms with Gasteiger partial charge in [0, 0.05) is 44.0 Å². The first-order valence-electron chi connectivity index (χ1n) is 8.53. The highest BCUT2D eigenvalue weighted by atomic mass is 35.5. The average molecular weight is 371 g/mol. The Balaban J connectivity index is 1.36. The number of carbonyl (C=O) groups excluding carboxylic acids is 1. The molecule has 0 saturated carbocycles. The molecule has 4 rings (SSSR count). The van der Waals surface area contributed by atoms with Crippen LogP contribution < -0.4 is 10.6 Å². The number of carbonyl (C=O) groups is 1. The predicted molar refractivity (Wildman–Crippen MR) is 99.5 cm³/mol. The van der Waals surface area contributed by atoms with Gasteiger partial charge in [0.25, 0.3) is 0 Å². The van der Waals surface area contributed by atoms with Gasteiger partial charge in [0.05, 0.1) is 35.0 Å². The third-order valence-electron chi connectivity index (χ3n) is 4.34. The van der Waals surface area contributed by atoms with Crippen LogP contribution in [0.15, 0.2) is 43.0 Å². The van der Waals surface area contributed by atoms with Crippen LogP contribution in [0.1, 0.15) is 17.8 Å². The van der Waals surface area contributed by atoms with E-state index < -0.39 is 0 Å². The summed E-state index contributed by atoms with van der Waals surface area (Å²) in [5, 5.41) is 11.3. The zero-order valence-electron chi connectivity index (χ0n) is 14.2. The molecule has 3 heterocycles. The summed E-state index contributed by atoms with van der Waals surface area (Å²) in [6, 6.07) is 7.50. The topological polar surface area (TPSA) is 76.8 Å². The lowest BCUT2D eigenvalue weighted by Crippen LogP contribution is -2.28. The van der Waals surface area contributed by atoms with E-state index in [9.17, 15) is 4.79 Å². The van der Waals surface area contributed by atoms with Gasteiger partial charge in [-0.2, -0.15) is 5.10 Å². The fraction of sp³-hybridized carbons (Fsp3) is 0.278. The van der Waals surface area contributed by atoms with Crippen LogP contribution in [0, 0.1) is 0 Å². The molecule has 134 valence electrons. The number of hydrogen-bond donors (Lipinski definition) is 2. The lowest BCUT2D eigenvalue weighted by atomic mass is 10.2. The quantitative estimate of drug-likeness (QED) is 0.723. The zero-order chi connectivity index (χ0) is 17.9. The SMILES string of the molecule is O=C(CCc1cc2n(n1)CCNC2)Nc1ccc(-n2ccnc2)c(Cl)c1. The minimum absolute atomic E-state index is 0.0551. The van der Waals surface area contributed by atoms with Gasteiger partial charge in [0.15, 0.2) is 0 Å². The maximum Gasteiger partial charge on any atom is 0.224 e. The fourth-order valence-electron chi connectivity index (χ4n) is 3.04. The molecule has 2 N–H and O–H groups in total. The van der Waals surface area contributed by atoms with Crippen molar-refractivity contribution in [2.75, 3.05) is 11.9 Å². The maximum absolute atomic E-state index is 12.2. The second-order valence-electron chi connectivity index (χ2n) is 6.21. The number of aromatic nitrogens is 4. The molecule has 0 atom stereocenters. The Morgan fingerprint density at radius 3 is 3.04 bits per heavy atom. The van der Waals surface area contributed by atoms with Gasteiger partial charge >= 0.3 is 0 Å². The number of benzene rings is 1. The van der Waals surface area contributed by atoms with E-state index in [0.717, 1.165) is 31.0 Å². The number of anilines is 1. The van der Waals surface area contributed by atoms with Crippen molar-refractivity contribution in [1.29, 1.82) is 0 Å². The van der Waals surface area contributed by atoms with Crippen LogP contribution in [0.4, 0.5) is 5.69 Å². The van der Waals surface area contributed by atoms with E-state index in [1.54, 1.807) is 18.6 Å². The monoisotopic (exact) mass is 370 g/mol. The van der Waals surface area contributed by atoms with Crippen LogP contribution in [0.5, 0.6) is 0 Å². The summed E-state index contributed by atoms with van der Waals surface area (Å²) in [6.45, 7) is 2.65. The molecule has 1 amide bonds. The summed E-state index contributed by atoms with van der Waals surface area (Å²) in [5.74, 6) is -0.0551. The van der Waals surface area contributed by atoms with Crippen molar-refractivity contribution >= 4 is 23.2 Å². The van der Waals surface area contributed by atoms with Crippen LogP contribution in [-0.2, 0) is 24.3 Å². The lowest BCUT2D eigenvalue weighted by molar-refractivity contribution is -0.116. The highest BCUT2D eigenvalue weighted by Gasteiger charge is 2.13. The van der Waals surface area contributed by atoms with Crippen LogP contribution in [0.25, 0.3) is 5.69 Å². The third kappa shape index (κ3) is 3.63. The second-order valence-corrected chi connectivity index (χ2v) is 6.62. The molecular formula is C18H19ClN6O. The van der Waals surface area contributed by atoms with E-state index in [1.807, 2.05) is 27.6 Å². The Morgan fingerprint density at radius 1 is 1.35 bits per heavy atom. The Morgan fingerprint density at radius 2 is 2.27 bits per heavy atom. The molecule has 0 saturated heterocycles. The van der Waals surface area contributed by atoms with E-state index in [-0.39, 0.29) is 5.91 Å². The second kappa shape index (κ2) is 7.31. The minimum Gasteiger partial charge on any atom is -0.326 e. The smallest absolute Gasteiger partial charge is 0.224 e. The summed E-state index contributed by atoms with van der Waals surface area (Å²) in [5.41, 5.74) is 3.62. The van der Waals surface area contributed by atoms with Gasteiger partial charge in [0.2, 0.25) is 5.91 Å². The fourth-order valence-corrected chi connectivity index (χ4v) is 3.31. The van der Waals surface area contributed by atoms with E-state index in [2.05, 4.69) is 26.8 Å². The first kappa shape index (κ1) is 16.8. The molecule has 0 unspecified atom stereocenters. The first-order chi connectivity index (χ1) is 12.7. The number of aryl methyl sites for hydroxylation is 1. The van der Waals surface area contributed by atoms with Crippen molar-refractivity contribution < 1.29 is 4.79 Å². The number of nitrogens with zero attached hydrogens (tertiary/aromatic N) is 4. The molecule has 0 bridgehead atoms. The van der Waals surface area contributed by atoms with Gasteiger partial charge in [-0.3, -0.25) is 9.48 Å². The summed E-state index contributed by atoms with van der Waals surface area (Å²) in [6.07, 6.45) is 6.19. The first-order valence-corrected chi connectivity index (χ1v) is 8.91. The average Bonchev–Trinajstić information content (AvgIpc) is 3.29.